The third-order valence-corrected chi connectivity index (χ3v) is 5.86. The van der Waals surface area contributed by atoms with Gasteiger partial charge in [-0.25, -0.2) is 8.42 Å². The molecule has 0 N–H and O–H groups in total. The molecule has 1 saturated heterocycles. The van der Waals surface area contributed by atoms with Gasteiger partial charge in [0.2, 0.25) is 0 Å². The van der Waals surface area contributed by atoms with Crippen molar-refractivity contribution in [2.45, 2.75) is 30.2 Å². The van der Waals surface area contributed by atoms with Gasteiger partial charge < -0.3 is 4.74 Å². The molecular weight excluding hydrogens is 360 g/mol. The Bertz CT molecular complexity index is 934. The van der Waals surface area contributed by atoms with Crippen LogP contribution in [0.15, 0.2) is 47.5 Å². The van der Waals surface area contributed by atoms with E-state index in [9.17, 15) is 8.42 Å². The Labute approximate surface area is 161 Å². The molecule has 6 heteroatoms. The quantitative estimate of drug-likeness (QED) is 0.717. The second-order valence-corrected chi connectivity index (χ2v) is 8.86. The third-order valence-electron chi connectivity index (χ3n) is 4.72. The van der Waals surface area contributed by atoms with E-state index in [0.29, 0.717) is 10.6 Å². The lowest BCUT2D eigenvalue weighted by atomic mass is 9.94. The highest BCUT2D eigenvalue weighted by atomic mass is 32.2. The van der Waals surface area contributed by atoms with Crippen molar-refractivity contribution in [1.29, 1.82) is 0 Å². The van der Waals surface area contributed by atoms with Crippen molar-refractivity contribution in [2.24, 2.45) is 0 Å². The van der Waals surface area contributed by atoms with Crippen molar-refractivity contribution in [2.75, 3.05) is 26.0 Å². The molecule has 142 valence electrons. The number of nitrogens with zero attached hydrogens (tertiary/aromatic N) is 2. The summed E-state index contributed by atoms with van der Waals surface area (Å²) in [5.41, 5.74) is 1.84. The summed E-state index contributed by atoms with van der Waals surface area (Å²) in [5, 5.41) is 0. The SMILES string of the molecule is C#CCOc1cccc(CN2CCCC(c3ncccc3S(C)(=O)=O)C2)c1. The smallest absolute Gasteiger partial charge is 0.177 e. The largest absolute Gasteiger partial charge is 0.481 e. The van der Waals surface area contributed by atoms with E-state index in [1.807, 2.05) is 18.2 Å². The number of benzene rings is 1. The highest BCUT2D eigenvalue weighted by molar-refractivity contribution is 7.90. The van der Waals surface area contributed by atoms with Crippen molar-refractivity contribution in [3.8, 4) is 18.1 Å². The van der Waals surface area contributed by atoms with Crippen LogP contribution in [-0.4, -0.2) is 44.3 Å². The van der Waals surface area contributed by atoms with Crippen LogP contribution in [0.5, 0.6) is 5.75 Å². The number of sulfone groups is 1. The van der Waals surface area contributed by atoms with E-state index in [1.54, 1.807) is 18.3 Å². The Hall–Kier alpha value is -2.36. The number of hydrogen-bond donors (Lipinski definition) is 0. The fraction of sp³-hybridized carbons (Fsp3) is 0.381. The van der Waals surface area contributed by atoms with E-state index in [-0.39, 0.29) is 12.5 Å². The van der Waals surface area contributed by atoms with E-state index < -0.39 is 9.84 Å². The highest BCUT2D eigenvalue weighted by Gasteiger charge is 2.27. The Balaban J connectivity index is 1.73. The average Bonchev–Trinajstić information content (AvgIpc) is 2.66. The van der Waals surface area contributed by atoms with Gasteiger partial charge in [-0.05, 0) is 49.2 Å². The molecular formula is C21H24N2O3S. The number of pyridine rings is 1. The minimum absolute atomic E-state index is 0.116. The maximum Gasteiger partial charge on any atom is 0.177 e. The summed E-state index contributed by atoms with van der Waals surface area (Å²) >= 11 is 0. The predicted octanol–water partition coefficient (Wildman–Crippen LogP) is 2.88. The van der Waals surface area contributed by atoms with Crippen LogP contribution in [0.4, 0.5) is 0 Å². The highest BCUT2D eigenvalue weighted by Crippen LogP contribution is 2.30. The van der Waals surface area contributed by atoms with Gasteiger partial charge in [-0.2, -0.15) is 0 Å². The molecule has 0 saturated carbocycles. The van der Waals surface area contributed by atoms with E-state index >= 15 is 0 Å². The lowest BCUT2D eigenvalue weighted by molar-refractivity contribution is 0.197. The van der Waals surface area contributed by atoms with Crippen LogP contribution in [0.2, 0.25) is 0 Å². The molecule has 1 atom stereocenters. The summed E-state index contributed by atoms with van der Waals surface area (Å²) in [6.45, 7) is 2.80. The minimum atomic E-state index is -3.29. The van der Waals surface area contributed by atoms with Gasteiger partial charge in [0, 0.05) is 31.5 Å². The number of rotatable bonds is 6. The van der Waals surface area contributed by atoms with Gasteiger partial charge in [0.1, 0.15) is 12.4 Å². The van der Waals surface area contributed by atoms with Gasteiger partial charge in [-0.1, -0.05) is 18.1 Å². The molecule has 1 fully saturated rings. The van der Waals surface area contributed by atoms with Crippen LogP contribution < -0.4 is 4.74 Å². The van der Waals surface area contributed by atoms with E-state index in [2.05, 4.69) is 21.9 Å². The molecule has 1 aromatic heterocycles. The lowest BCUT2D eigenvalue weighted by Crippen LogP contribution is -2.34. The first-order valence-electron chi connectivity index (χ1n) is 9.00. The van der Waals surface area contributed by atoms with Crippen LogP contribution in [0.1, 0.15) is 30.0 Å². The number of piperidine rings is 1. The van der Waals surface area contributed by atoms with E-state index in [1.165, 1.54) is 6.26 Å². The van der Waals surface area contributed by atoms with Crippen molar-refractivity contribution in [3.05, 3.63) is 53.9 Å². The molecule has 3 rings (SSSR count). The van der Waals surface area contributed by atoms with Gasteiger partial charge in [0.05, 0.1) is 10.6 Å². The first-order valence-corrected chi connectivity index (χ1v) is 10.9. The summed E-state index contributed by atoms with van der Waals surface area (Å²) < 4.78 is 29.7. The standard InChI is InChI=1S/C21H24N2O3S/c1-3-13-26-19-9-4-7-17(14-19)15-23-12-6-8-18(16-23)21-20(27(2,24)25)10-5-11-22-21/h1,4-5,7,9-11,14,18H,6,8,12-13,15-16H2,2H3. The molecule has 2 heterocycles. The summed E-state index contributed by atoms with van der Waals surface area (Å²) in [5.74, 6) is 3.35. The Morgan fingerprint density at radius 2 is 2.19 bits per heavy atom. The van der Waals surface area contributed by atoms with Gasteiger partial charge in [0.25, 0.3) is 0 Å². The molecule has 1 unspecified atom stereocenters. The Morgan fingerprint density at radius 3 is 2.96 bits per heavy atom. The summed E-state index contributed by atoms with van der Waals surface area (Å²) in [6, 6.07) is 11.3. The van der Waals surface area contributed by atoms with Gasteiger partial charge in [-0.15, -0.1) is 6.42 Å². The molecule has 0 bridgehead atoms. The first kappa shape index (κ1) is 19.4. The zero-order chi connectivity index (χ0) is 19.3. The topological polar surface area (TPSA) is 59.5 Å². The molecule has 27 heavy (non-hydrogen) atoms. The maximum absolute atomic E-state index is 12.1. The number of likely N-dealkylation sites (tertiary alicyclic amines) is 1. The Morgan fingerprint density at radius 1 is 1.33 bits per heavy atom. The lowest BCUT2D eigenvalue weighted by Gasteiger charge is -2.33. The molecule has 5 nitrogen and oxygen atoms in total. The molecule has 1 aromatic carbocycles. The van der Waals surface area contributed by atoms with Crippen LogP contribution in [0.3, 0.4) is 0 Å². The zero-order valence-electron chi connectivity index (χ0n) is 15.5. The monoisotopic (exact) mass is 384 g/mol. The van der Waals surface area contributed by atoms with Crippen LogP contribution in [-0.2, 0) is 16.4 Å². The predicted molar refractivity (Wildman–Crippen MR) is 105 cm³/mol. The molecule has 0 radical (unpaired) electrons. The number of aromatic nitrogens is 1. The van der Waals surface area contributed by atoms with Crippen molar-refractivity contribution in [3.63, 3.8) is 0 Å². The second-order valence-electron chi connectivity index (χ2n) is 6.87. The van der Waals surface area contributed by atoms with Crippen molar-refractivity contribution >= 4 is 9.84 Å². The number of hydrogen-bond acceptors (Lipinski definition) is 5. The van der Waals surface area contributed by atoms with Crippen molar-refractivity contribution < 1.29 is 13.2 Å². The number of ether oxygens (including phenoxy) is 1. The fourth-order valence-electron chi connectivity index (χ4n) is 3.56. The van der Waals surface area contributed by atoms with Gasteiger partial charge in [-0.3, -0.25) is 9.88 Å². The normalized spacial score (nSPS) is 18.0. The van der Waals surface area contributed by atoms with Crippen molar-refractivity contribution in [1.82, 2.24) is 9.88 Å². The summed E-state index contributed by atoms with van der Waals surface area (Å²) in [4.78, 5) is 7.10. The number of terminal acetylenes is 1. The maximum atomic E-state index is 12.1. The molecule has 2 aromatic rings. The Kier molecular flexibility index (Phi) is 6.15. The van der Waals surface area contributed by atoms with Gasteiger partial charge >= 0.3 is 0 Å². The molecule has 1 aliphatic rings. The molecule has 1 aliphatic heterocycles. The van der Waals surface area contributed by atoms with Crippen LogP contribution in [0, 0.1) is 12.3 Å². The fourth-order valence-corrected chi connectivity index (χ4v) is 4.49. The second kappa shape index (κ2) is 8.55. The molecule has 0 aliphatic carbocycles. The van der Waals surface area contributed by atoms with Crippen LogP contribution in [0.25, 0.3) is 0 Å². The van der Waals surface area contributed by atoms with Gasteiger partial charge in [0.15, 0.2) is 9.84 Å². The zero-order valence-corrected chi connectivity index (χ0v) is 16.3. The third kappa shape index (κ3) is 5.09. The summed E-state index contributed by atoms with van der Waals surface area (Å²) in [7, 11) is -3.29. The van der Waals surface area contributed by atoms with E-state index in [4.69, 9.17) is 11.2 Å². The van der Waals surface area contributed by atoms with E-state index in [0.717, 1.165) is 43.8 Å². The molecule has 0 amide bonds. The minimum Gasteiger partial charge on any atom is -0.481 e. The molecule has 0 spiro atoms. The average molecular weight is 385 g/mol. The van der Waals surface area contributed by atoms with Crippen LogP contribution >= 0.6 is 0 Å². The first-order chi connectivity index (χ1) is 13.0. The summed E-state index contributed by atoms with van der Waals surface area (Å²) in [6.07, 6.45) is 10.1.